The number of para-hydroxylation sites is 2. The summed E-state index contributed by atoms with van der Waals surface area (Å²) >= 11 is 0. The summed E-state index contributed by atoms with van der Waals surface area (Å²) in [5.41, 5.74) is 8.62. The number of nitrogens with zero attached hydrogens (tertiary/aromatic N) is 3. The first kappa shape index (κ1) is 24.8. The fourth-order valence-corrected chi connectivity index (χ4v) is 6.47. The molecule has 208 valence electrons. The Balaban J connectivity index is 1.33. The Morgan fingerprint density at radius 1 is 0.477 bits per heavy atom. The maximum Gasteiger partial charge on any atom is 0.164 e. The van der Waals surface area contributed by atoms with Gasteiger partial charge in [0.2, 0.25) is 0 Å². The molecule has 3 heterocycles. The van der Waals surface area contributed by atoms with Crippen molar-refractivity contribution in [1.82, 2.24) is 15.0 Å². The summed E-state index contributed by atoms with van der Waals surface area (Å²) in [6.45, 7) is 0. The van der Waals surface area contributed by atoms with Crippen LogP contribution in [0.25, 0.3) is 77.8 Å². The van der Waals surface area contributed by atoms with E-state index in [0.29, 0.717) is 17.5 Å². The predicted molar refractivity (Wildman–Crippen MR) is 177 cm³/mol. The van der Waals surface area contributed by atoms with Gasteiger partial charge in [0.1, 0.15) is 22.3 Å². The van der Waals surface area contributed by atoms with Crippen LogP contribution in [0.5, 0.6) is 0 Å². The van der Waals surface area contributed by atoms with Crippen LogP contribution in [0.4, 0.5) is 0 Å². The molecule has 0 saturated heterocycles. The monoisotopic (exact) mass is 567 g/mol. The van der Waals surface area contributed by atoms with E-state index in [1.807, 2.05) is 78.9 Å². The topological polar surface area (TPSA) is 65.0 Å². The van der Waals surface area contributed by atoms with E-state index in [1.165, 1.54) is 5.57 Å². The smallest absolute Gasteiger partial charge is 0.164 e. The second-order valence-corrected chi connectivity index (χ2v) is 11.1. The largest absolute Gasteiger partial charge is 0.456 e. The summed E-state index contributed by atoms with van der Waals surface area (Å²) in [4.78, 5) is 15.4. The first-order chi connectivity index (χ1) is 21.8. The summed E-state index contributed by atoms with van der Waals surface area (Å²) in [5.74, 6) is 1.89. The molecule has 1 aliphatic rings. The van der Waals surface area contributed by atoms with Gasteiger partial charge in [-0.15, -0.1) is 0 Å². The number of aromatic nitrogens is 3. The van der Waals surface area contributed by atoms with E-state index >= 15 is 0 Å². The number of benzene rings is 5. The molecule has 0 amide bonds. The SMILES string of the molecule is C1=CC(c2nc(-c3ccccc3)nc(-c3cccc4oc5ccccc5c34)n2)=C(c2cccc3oc4ccccc4c23)CC1. The number of furan rings is 2. The minimum absolute atomic E-state index is 0.615. The third-order valence-electron chi connectivity index (χ3n) is 8.45. The third kappa shape index (κ3) is 3.90. The lowest BCUT2D eigenvalue weighted by Gasteiger charge is -2.18. The predicted octanol–water partition coefficient (Wildman–Crippen LogP) is 10.3. The number of rotatable bonds is 4. The van der Waals surface area contributed by atoms with Gasteiger partial charge in [0.15, 0.2) is 17.5 Å². The summed E-state index contributed by atoms with van der Waals surface area (Å²) < 4.78 is 12.5. The zero-order chi connectivity index (χ0) is 29.0. The fraction of sp³-hybridized carbons (Fsp3) is 0.0513. The van der Waals surface area contributed by atoms with Crippen molar-refractivity contribution in [2.75, 3.05) is 0 Å². The Bertz CT molecular complexity index is 2450. The lowest BCUT2D eigenvalue weighted by molar-refractivity contribution is 0.668. The molecule has 0 spiro atoms. The van der Waals surface area contributed by atoms with E-state index in [1.54, 1.807) is 0 Å². The highest BCUT2D eigenvalue weighted by Gasteiger charge is 2.22. The molecule has 0 bridgehead atoms. The van der Waals surface area contributed by atoms with Crippen molar-refractivity contribution in [1.29, 1.82) is 0 Å². The van der Waals surface area contributed by atoms with E-state index in [2.05, 4.69) is 48.6 Å². The van der Waals surface area contributed by atoms with Gasteiger partial charge in [0.25, 0.3) is 0 Å². The van der Waals surface area contributed by atoms with Gasteiger partial charge in [-0.3, -0.25) is 0 Å². The highest BCUT2D eigenvalue weighted by atomic mass is 16.3. The number of fused-ring (bicyclic) bond motifs is 6. The molecular weight excluding hydrogens is 542 g/mol. The minimum Gasteiger partial charge on any atom is -0.456 e. The highest BCUT2D eigenvalue weighted by Crippen LogP contribution is 2.41. The Morgan fingerprint density at radius 2 is 1.05 bits per heavy atom. The third-order valence-corrected chi connectivity index (χ3v) is 8.45. The first-order valence-corrected chi connectivity index (χ1v) is 14.8. The van der Waals surface area contributed by atoms with E-state index in [9.17, 15) is 0 Å². The highest BCUT2D eigenvalue weighted by molar-refractivity contribution is 6.14. The van der Waals surface area contributed by atoms with E-state index < -0.39 is 0 Å². The molecule has 9 rings (SSSR count). The molecule has 0 aliphatic heterocycles. The second-order valence-electron chi connectivity index (χ2n) is 11.1. The maximum atomic E-state index is 6.26. The van der Waals surface area contributed by atoms with E-state index in [4.69, 9.17) is 23.8 Å². The molecule has 0 radical (unpaired) electrons. The van der Waals surface area contributed by atoms with Gasteiger partial charge in [-0.1, -0.05) is 103 Å². The zero-order valence-electron chi connectivity index (χ0n) is 23.7. The zero-order valence-corrected chi connectivity index (χ0v) is 23.7. The van der Waals surface area contributed by atoms with Gasteiger partial charge in [-0.25, -0.2) is 15.0 Å². The van der Waals surface area contributed by atoms with Crippen molar-refractivity contribution >= 4 is 55.0 Å². The van der Waals surface area contributed by atoms with Gasteiger partial charge in [-0.2, -0.15) is 0 Å². The first-order valence-electron chi connectivity index (χ1n) is 14.8. The number of hydrogen-bond donors (Lipinski definition) is 0. The number of hydrogen-bond acceptors (Lipinski definition) is 5. The van der Waals surface area contributed by atoms with Crippen LogP contribution < -0.4 is 0 Å². The van der Waals surface area contributed by atoms with Crippen LogP contribution in [0.15, 0.2) is 136 Å². The van der Waals surface area contributed by atoms with Crippen molar-refractivity contribution in [3.05, 3.63) is 139 Å². The average Bonchev–Trinajstić information content (AvgIpc) is 3.67. The summed E-state index contributed by atoms with van der Waals surface area (Å²) in [6, 6.07) is 38.8. The standard InChI is InChI=1S/C39H25N3O2/c1-2-12-24(13-3-1)37-40-38(42-39(41-37)30-19-11-23-34-36(30)29-17-7-9-21-32(29)44-34)27-15-5-4-14-25(27)26-18-10-22-33-35(26)28-16-6-8-20-31(28)43-33/h1-3,5-13,15-23H,4,14H2. The molecule has 0 N–H and O–H groups in total. The van der Waals surface area contributed by atoms with Crippen molar-refractivity contribution in [3.8, 4) is 22.8 Å². The van der Waals surface area contributed by atoms with Crippen molar-refractivity contribution < 1.29 is 8.83 Å². The Morgan fingerprint density at radius 3 is 1.77 bits per heavy atom. The molecule has 0 fully saturated rings. The maximum absolute atomic E-state index is 6.26. The van der Waals surface area contributed by atoms with Gasteiger partial charge in [0.05, 0.1) is 0 Å². The Kier molecular flexibility index (Phi) is 5.56. The van der Waals surface area contributed by atoms with Crippen LogP contribution >= 0.6 is 0 Å². The minimum atomic E-state index is 0.615. The quantitative estimate of drug-likeness (QED) is 0.212. The molecule has 5 aromatic carbocycles. The summed E-state index contributed by atoms with van der Waals surface area (Å²) in [6.07, 6.45) is 6.19. The molecule has 44 heavy (non-hydrogen) atoms. The molecular formula is C39H25N3O2. The lowest BCUT2D eigenvalue weighted by atomic mass is 9.88. The van der Waals surface area contributed by atoms with Gasteiger partial charge < -0.3 is 8.83 Å². The van der Waals surface area contributed by atoms with Gasteiger partial charge >= 0.3 is 0 Å². The molecule has 0 saturated carbocycles. The Labute approximate surface area is 252 Å². The van der Waals surface area contributed by atoms with Crippen LogP contribution in [-0.2, 0) is 0 Å². The van der Waals surface area contributed by atoms with Gasteiger partial charge in [0, 0.05) is 38.2 Å². The summed E-state index contributed by atoms with van der Waals surface area (Å²) in [5, 5.41) is 4.28. The molecule has 5 heteroatoms. The summed E-state index contributed by atoms with van der Waals surface area (Å²) in [7, 11) is 0. The molecule has 3 aromatic heterocycles. The van der Waals surface area contributed by atoms with Crippen LogP contribution in [0.3, 0.4) is 0 Å². The Hall–Kier alpha value is -5.81. The number of allylic oxidation sites excluding steroid dienone is 4. The van der Waals surface area contributed by atoms with Crippen LogP contribution in [0, 0.1) is 0 Å². The van der Waals surface area contributed by atoms with Crippen LogP contribution in [-0.4, -0.2) is 15.0 Å². The van der Waals surface area contributed by atoms with Crippen LogP contribution in [0.2, 0.25) is 0 Å². The lowest BCUT2D eigenvalue weighted by Crippen LogP contribution is -2.05. The molecule has 5 nitrogen and oxygen atoms in total. The molecule has 8 aromatic rings. The molecule has 0 atom stereocenters. The van der Waals surface area contributed by atoms with E-state index in [0.717, 1.165) is 79.0 Å². The van der Waals surface area contributed by atoms with Crippen molar-refractivity contribution in [2.45, 2.75) is 12.8 Å². The normalized spacial score (nSPS) is 13.5. The van der Waals surface area contributed by atoms with Crippen molar-refractivity contribution in [2.24, 2.45) is 0 Å². The molecule has 1 aliphatic carbocycles. The van der Waals surface area contributed by atoms with E-state index in [-0.39, 0.29) is 0 Å². The fourth-order valence-electron chi connectivity index (χ4n) is 6.47. The second kappa shape index (κ2) is 9.89. The van der Waals surface area contributed by atoms with Crippen molar-refractivity contribution in [3.63, 3.8) is 0 Å². The van der Waals surface area contributed by atoms with Crippen LogP contribution in [0.1, 0.15) is 24.2 Å². The van der Waals surface area contributed by atoms with Gasteiger partial charge in [-0.05, 0) is 48.2 Å². The molecule has 0 unspecified atom stereocenters. The average molecular weight is 568 g/mol.